The van der Waals surface area contributed by atoms with Crippen LogP contribution < -0.4 is 4.74 Å². The summed E-state index contributed by atoms with van der Waals surface area (Å²) in [6, 6.07) is 15.3. The van der Waals surface area contributed by atoms with Gasteiger partial charge >= 0.3 is 0 Å². The highest BCUT2D eigenvalue weighted by Crippen LogP contribution is 2.28. The van der Waals surface area contributed by atoms with Crippen LogP contribution in [0.1, 0.15) is 31.0 Å². The van der Waals surface area contributed by atoms with Crippen molar-refractivity contribution in [1.29, 1.82) is 0 Å². The largest absolute Gasteiger partial charge is 0.493 e. The molecule has 2 aromatic carbocycles. The van der Waals surface area contributed by atoms with Gasteiger partial charge in [0.25, 0.3) is 0 Å². The van der Waals surface area contributed by atoms with Crippen LogP contribution in [0.2, 0.25) is 5.02 Å². The number of carbonyl (C=O) groups excluding carboxylic acids is 1. The Morgan fingerprint density at radius 3 is 2.63 bits per heavy atom. The van der Waals surface area contributed by atoms with Crippen molar-refractivity contribution in [2.75, 3.05) is 19.7 Å². The third-order valence-corrected chi connectivity index (χ3v) is 5.29. The molecule has 1 aliphatic rings. The van der Waals surface area contributed by atoms with Gasteiger partial charge in [-0.3, -0.25) is 4.79 Å². The number of halogens is 1. The molecule has 0 aliphatic carbocycles. The molecule has 140 valence electrons. The van der Waals surface area contributed by atoms with Crippen molar-refractivity contribution in [2.24, 2.45) is 0 Å². The Morgan fingerprint density at radius 1 is 1.15 bits per heavy atom. The maximum Gasteiger partial charge on any atom is 0.225 e. The van der Waals surface area contributed by atoms with Gasteiger partial charge in [-0.1, -0.05) is 23.7 Å². The molecule has 1 amide bonds. The Hall–Kier alpha value is -2.53. The molecule has 6 heteroatoms. The summed E-state index contributed by atoms with van der Waals surface area (Å²) in [6.07, 6.45) is 2.26. The lowest BCUT2D eigenvalue weighted by molar-refractivity contribution is -0.132. The number of rotatable bonds is 5. The summed E-state index contributed by atoms with van der Waals surface area (Å²) in [5, 5.41) is 0.672. The molecule has 5 nitrogen and oxygen atoms in total. The molecule has 0 bridgehead atoms. The van der Waals surface area contributed by atoms with Crippen LogP contribution in [-0.2, 0) is 4.79 Å². The summed E-state index contributed by atoms with van der Waals surface area (Å²) >= 11 is 5.85. The van der Waals surface area contributed by atoms with E-state index in [2.05, 4.69) is 4.98 Å². The highest BCUT2D eigenvalue weighted by atomic mass is 35.5. The minimum absolute atomic E-state index is 0.145. The lowest BCUT2D eigenvalue weighted by Crippen LogP contribution is -2.38. The number of benzene rings is 2. The number of likely N-dealkylation sites (tertiary alicyclic amines) is 1. The van der Waals surface area contributed by atoms with Crippen molar-refractivity contribution in [3.8, 4) is 5.75 Å². The lowest BCUT2D eigenvalue weighted by Gasteiger charge is -2.31. The molecule has 4 rings (SSSR count). The maximum atomic E-state index is 12.4. The Balaban J connectivity index is 1.25. The Morgan fingerprint density at radius 2 is 1.89 bits per heavy atom. The first-order valence-electron chi connectivity index (χ1n) is 9.30. The van der Waals surface area contributed by atoms with Crippen molar-refractivity contribution in [3.05, 3.63) is 59.4 Å². The fourth-order valence-electron chi connectivity index (χ4n) is 3.51. The van der Waals surface area contributed by atoms with E-state index in [0.717, 1.165) is 48.5 Å². The van der Waals surface area contributed by atoms with E-state index in [1.807, 2.05) is 41.3 Å². The molecular weight excluding hydrogens is 362 g/mol. The molecule has 0 saturated carbocycles. The number of amides is 1. The van der Waals surface area contributed by atoms with Crippen LogP contribution >= 0.6 is 11.6 Å². The predicted molar refractivity (Wildman–Crippen MR) is 106 cm³/mol. The molecule has 0 atom stereocenters. The van der Waals surface area contributed by atoms with Gasteiger partial charge in [0.1, 0.15) is 11.6 Å². The molecule has 1 fully saturated rings. The smallest absolute Gasteiger partial charge is 0.225 e. The van der Waals surface area contributed by atoms with Crippen molar-refractivity contribution < 1.29 is 9.53 Å². The van der Waals surface area contributed by atoms with Gasteiger partial charge in [0, 0.05) is 24.0 Å². The average molecular weight is 384 g/mol. The van der Waals surface area contributed by atoms with Crippen LogP contribution in [0.25, 0.3) is 11.0 Å². The molecule has 2 heterocycles. The molecule has 1 N–H and O–H groups in total. The molecule has 1 saturated heterocycles. The van der Waals surface area contributed by atoms with Gasteiger partial charge in [-0.2, -0.15) is 0 Å². The minimum atomic E-state index is 0.145. The molecular formula is C21H22ClN3O2. The third kappa shape index (κ3) is 4.25. The minimum Gasteiger partial charge on any atom is -0.493 e. The van der Waals surface area contributed by atoms with Crippen molar-refractivity contribution >= 4 is 28.5 Å². The molecule has 3 aromatic rings. The number of aromatic amines is 1. The van der Waals surface area contributed by atoms with Gasteiger partial charge in [0.2, 0.25) is 5.91 Å². The van der Waals surface area contributed by atoms with Crippen molar-refractivity contribution in [2.45, 2.75) is 25.2 Å². The summed E-state index contributed by atoms with van der Waals surface area (Å²) in [6.45, 7) is 1.91. The molecule has 0 radical (unpaired) electrons. The zero-order valence-corrected chi connectivity index (χ0v) is 15.8. The summed E-state index contributed by atoms with van der Waals surface area (Å²) < 4.78 is 5.63. The average Bonchev–Trinajstić information content (AvgIpc) is 3.14. The van der Waals surface area contributed by atoms with Gasteiger partial charge in [0.15, 0.2) is 0 Å². The normalized spacial score (nSPS) is 15.2. The number of para-hydroxylation sites is 2. The number of ether oxygens (including phenoxy) is 1. The number of nitrogens with zero attached hydrogens (tertiary/aromatic N) is 2. The monoisotopic (exact) mass is 383 g/mol. The van der Waals surface area contributed by atoms with Crippen LogP contribution in [0, 0.1) is 0 Å². The van der Waals surface area contributed by atoms with E-state index < -0.39 is 0 Å². The number of aromatic nitrogens is 2. The summed E-state index contributed by atoms with van der Waals surface area (Å²) in [4.78, 5) is 22.5. The highest BCUT2D eigenvalue weighted by Gasteiger charge is 2.25. The molecule has 0 spiro atoms. The zero-order chi connectivity index (χ0) is 18.6. The second-order valence-corrected chi connectivity index (χ2v) is 7.28. The van der Waals surface area contributed by atoms with Gasteiger partial charge < -0.3 is 14.6 Å². The molecule has 1 aromatic heterocycles. The number of carbonyl (C=O) groups is 1. The maximum absolute atomic E-state index is 12.4. The third-order valence-electron chi connectivity index (χ3n) is 5.04. The summed E-state index contributed by atoms with van der Waals surface area (Å²) in [5.74, 6) is 2.30. The Kier molecular flexibility index (Phi) is 5.30. The van der Waals surface area contributed by atoms with E-state index in [9.17, 15) is 4.79 Å². The van der Waals surface area contributed by atoms with Gasteiger partial charge in [-0.15, -0.1) is 0 Å². The van der Waals surface area contributed by atoms with Gasteiger partial charge in [-0.25, -0.2) is 4.98 Å². The quantitative estimate of drug-likeness (QED) is 0.710. The Bertz CT molecular complexity index is 882. The van der Waals surface area contributed by atoms with E-state index in [1.165, 1.54) is 0 Å². The van der Waals surface area contributed by atoms with Gasteiger partial charge in [-0.05, 0) is 49.2 Å². The zero-order valence-electron chi connectivity index (χ0n) is 15.0. The number of fused-ring (bicyclic) bond motifs is 1. The number of H-pyrrole nitrogens is 1. The van der Waals surface area contributed by atoms with Crippen molar-refractivity contribution in [3.63, 3.8) is 0 Å². The fourth-order valence-corrected chi connectivity index (χ4v) is 3.64. The van der Waals surface area contributed by atoms with E-state index >= 15 is 0 Å². The van der Waals surface area contributed by atoms with E-state index in [4.69, 9.17) is 21.3 Å². The van der Waals surface area contributed by atoms with Crippen LogP contribution in [0.3, 0.4) is 0 Å². The summed E-state index contributed by atoms with van der Waals surface area (Å²) in [5.41, 5.74) is 2.08. The standard InChI is InChI=1S/C21H22ClN3O2/c22-16-5-7-17(8-6-16)27-14-11-20(26)25-12-9-15(10-13-25)21-23-18-3-1-2-4-19(18)24-21/h1-8,15H,9-14H2,(H,23,24). The second kappa shape index (κ2) is 8.01. The molecule has 1 aliphatic heterocycles. The van der Waals surface area contributed by atoms with Crippen LogP contribution in [0.15, 0.2) is 48.5 Å². The molecule has 27 heavy (non-hydrogen) atoms. The Labute approximate surface area is 163 Å². The summed E-state index contributed by atoms with van der Waals surface area (Å²) in [7, 11) is 0. The topological polar surface area (TPSA) is 58.2 Å². The number of imidazole rings is 1. The first-order valence-corrected chi connectivity index (χ1v) is 9.67. The number of nitrogens with one attached hydrogen (secondary N) is 1. The number of piperidine rings is 1. The SMILES string of the molecule is O=C(CCOc1ccc(Cl)cc1)N1CCC(c2nc3ccccc3[nH]2)CC1. The highest BCUT2D eigenvalue weighted by molar-refractivity contribution is 6.30. The molecule has 0 unspecified atom stereocenters. The van der Waals surface area contributed by atoms with E-state index in [-0.39, 0.29) is 5.91 Å². The first-order chi connectivity index (χ1) is 13.2. The lowest BCUT2D eigenvalue weighted by atomic mass is 9.96. The van der Waals surface area contributed by atoms with Gasteiger partial charge in [0.05, 0.1) is 24.1 Å². The number of hydrogen-bond acceptors (Lipinski definition) is 3. The fraction of sp³-hybridized carbons (Fsp3) is 0.333. The van der Waals surface area contributed by atoms with E-state index in [0.29, 0.717) is 24.0 Å². The van der Waals surface area contributed by atoms with Crippen LogP contribution in [0.4, 0.5) is 0 Å². The first kappa shape index (κ1) is 17.9. The number of hydrogen-bond donors (Lipinski definition) is 1. The predicted octanol–water partition coefficient (Wildman–Crippen LogP) is 4.39. The second-order valence-electron chi connectivity index (χ2n) is 6.85. The van der Waals surface area contributed by atoms with Crippen LogP contribution in [0.5, 0.6) is 5.75 Å². The van der Waals surface area contributed by atoms with E-state index in [1.54, 1.807) is 12.1 Å². The van der Waals surface area contributed by atoms with Crippen molar-refractivity contribution in [1.82, 2.24) is 14.9 Å². The van der Waals surface area contributed by atoms with Crippen LogP contribution in [-0.4, -0.2) is 40.5 Å².